The third-order valence-electron chi connectivity index (χ3n) is 5.75. The highest BCUT2D eigenvalue weighted by atomic mass is 16.5. The number of hydrogen-bond acceptors (Lipinski definition) is 4. The Morgan fingerprint density at radius 2 is 1.86 bits per heavy atom. The lowest BCUT2D eigenvalue weighted by Crippen LogP contribution is -2.57. The van der Waals surface area contributed by atoms with E-state index in [4.69, 9.17) is 10.5 Å². The summed E-state index contributed by atoms with van der Waals surface area (Å²) >= 11 is 0. The largest absolute Gasteiger partial charge is 0.384 e. The fraction of sp³-hybridized carbons (Fsp3) is 1.00. The second-order valence-corrected chi connectivity index (χ2v) is 7.30. The van der Waals surface area contributed by atoms with Gasteiger partial charge in [0.15, 0.2) is 0 Å². The van der Waals surface area contributed by atoms with Crippen molar-refractivity contribution in [2.45, 2.75) is 57.5 Å². The van der Waals surface area contributed by atoms with Crippen LogP contribution in [0.4, 0.5) is 0 Å². The number of rotatable bonds is 5. The summed E-state index contributed by atoms with van der Waals surface area (Å²) in [6, 6.07) is 0.658. The zero-order valence-corrected chi connectivity index (χ0v) is 14.3. The smallest absolute Gasteiger partial charge is 0.0491 e. The lowest BCUT2D eigenvalue weighted by molar-refractivity contribution is 0.0247. The molecule has 4 nitrogen and oxygen atoms in total. The minimum absolute atomic E-state index is 0.252. The third kappa shape index (κ3) is 4.19. The molecule has 4 heteroatoms. The van der Waals surface area contributed by atoms with Crippen LogP contribution in [0.2, 0.25) is 0 Å². The van der Waals surface area contributed by atoms with Gasteiger partial charge in [0.2, 0.25) is 0 Å². The average molecular weight is 297 g/mol. The predicted molar refractivity (Wildman–Crippen MR) is 88.5 cm³/mol. The highest BCUT2D eigenvalue weighted by Gasteiger charge is 2.38. The molecule has 0 bridgehead atoms. The maximum absolute atomic E-state index is 6.27. The van der Waals surface area contributed by atoms with Crippen molar-refractivity contribution in [3.63, 3.8) is 0 Å². The molecule has 1 atom stereocenters. The minimum Gasteiger partial charge on any atom is -0.384 e. The summed E-state index contributed by atoms with van der Waals surface area (Å²) in [4.78, 5) is 5.33. The Morgan fingerprint density at radius 3 is 2.43 bits per heavy atom. The molecule has 0 aliphatic carbocycles. The number of nitrogens with two attached hydrogens (primary N) is 1. The van der Waals surface area contributed by atoms with Crippen LogP contribution in [0, 0.1) is 5.92 Å². The maximum atomic E-state index is 6.27. The zero-order chi connectivity index (χ0) is 15.3. The fourth-order valence-electron chi connectivity index (χ4n) is 4.18. The fourth-order valence-corrected chi connectivity index (χ4v) is 4.18. The molecule has 0 radical (unpaired) electrons. The topological polar surface area (TPSA) is 41.7 Å². The van der Waals surface area contributed by atoms with Gasteiger partial charge in [0, 0.05) is 38.4 Å². The monoisotopic (exact) mass is 297 g/mol. The lowest BCUT2D eigenvalue weighted by Gasteiger charge is -2.46. The second-order valence-electron chi connectivity index (χ2n) is 7.30. The first-order chi connectivity index (χ1) is 10.1. The summed E-state index contributed by atoms with van der Waals surface area (Å²) in [5.41, 5.74) is 6.52. The molecule has 2 rings (SSSR count). The normalized spacial score (nSPS) is 30.7. The Morgan fingerprint density at radius 1 is 1.14 bits per heavy atom. The third-order valence-corrected chi connectivity index (χ3v) is 5.75. The Kier molecular flexibility index (Phi) is 6.48. The van der Waals surface area contributed by atoms with Crippen molar-refractivity contribution in [3.05, 3.63) is 0 Å². The molecule has 0 aromatic heterocycles. The van der Waals surface area contributed by atoms with Gasteiger partial charge in [-0.05, 0) is 71.5 Å². The van der Waals surface area contributed by atoms with Crippen LogP contribution in [-0.4, -0.2) is 67.8 Å². The molecule has 2 N–H and O–H groups in total. The SMILES string of the molecule is COCC1CCN(C2(CN)CCCN(C(C)C)CC2)CC1. The van der Waals surface area contributed by atoms with E-state index >= 15 is 0 Å². The van der Waals surface area contributed by atoms with Crippen LogP contribution in [0.15, 0.2) is 0 Å². The van der Waals surface area contributed by atoms with Crippen LogP contribution in [0.5, 0.6) is 0 Å². The Balaban J connectivity index is 1.95. The van der Waals surface area contributed by atoms with E-state index in [0.29, 0.717) is 6.04 Å². The lowest BCUT2D eigenvalue weighted by atomic mass is 9.85. The summed E-state index contributed by atoms with van der Waals surface area (Å²) in [5, 5.41) is 0. The second kappa shape index (κ2) is 7.91. The van der Waals surface area contributed by atoms with E-state index in [-0.39, 0.29) is 5.54 Å². The first-order valence-electron chi connectivity index (χ1n) is 8.79. The molecule has 0 aromatic carbocycles. The Labute approximate surface area is 131 Å². The highest BCUT2D eigenvalue weighted by Crippen LogP contribution is 2.32. The van der Waals surface area contributed by atoms with Gasteiger partial charge in [0.25, 0.3) is 0 Å². The first-order valence-corrected chi connectivity index (χ1v) is 8.79. The minimum atomic E-state index is 0.252. The number of nitrogens with zero attached hydrogens (tertiary/aromatic N) is 2. The molecule has 0 amide bonds. The molecule has 21 heavy (non-hydrogen) atoms. The van der Waals surface area contributed by atoms with Crippen LogP contribution in [-0.2, 0) is 4.74 Å². The van der Waals surface area contributed by atoms with Gasteiger partial charge in [-0.15, -0.1) is 0 Å². The standard InChI is InChI=1S/C17H35N3O/c1-15(2)19-9-4-7-17(14-18,8-12-19)20-10-5-16(6-11-20)13-21-3/h15-16H,4-14,18H2,1-3H3. The highest BCUT2D eigenvalue weighted by molar-refractivity contribution is 4.96. The molecule has 1 unspecified atom stereocenters. The molecule has 2 fully saturated rings. The van der Waals surface area contributed by atoms with Crippen molar-refractivity contribution in [2.24, 2.45) is 11.7 Å². The van der Waals surface area contributed by atoms with Gasteiger partial charge in [0.1, 0.15) is 0 Å². The molecule has 124 valence electrons. The zero-order valence-electron chi connectivity index (χ0n) is 14.3. The van der Waals surface area contributed by atoms with Crippen LogP contribution < -0.4 is 5.73 Å². The quantitative estimate of drug-likeness (QED) is 0.842. The Bertz CT molecular complexity index is 302. The van der Waals surface area contributed by atoms with Gasteiger partial charge in [-0.25, -0.2) is 0 Å². The van der Waals surface area contributed by atoms with Crippen LogP contribution in [0.1, 0.15) is 46.0 Å². The van der Waals surface area contributed by atoms with E-state index in [0.717, 1.165) is 19.1 Å². The molecular formula is C17H35N3O. The van der Waals surface area contributed by atoms with Gasteiger partial charge in [-0.3, -0.25) is 4.90 Å². The maximum Gasteiger partial charge on any atom is 0.0491 e. The van der Waals surface area contributed by atoms with E-state index in [9.17, 15) is 0 Å². The summed E-state index contributed by atoms with van der Waals surface area (Å²) in [6.45, 7) is 11.2. The van der Waals surface area contributed by atoms with Crippen molar-refractivity contribution in [1.82, 2.24) is 9.80 Å². The first kappa shape index (κ1) is 17.2. The summed E-state index contributed by atoms with van der Waals surface area (Å²) < 4.78 is 5.32. The van der Waals surface area contributed by atoms with Gasteiger partial charge < -0.3 is 15.4 Å². The molecule has 2 heterocycles. The number of likely N-dealkylation sites (tertiary alicyclic amines) is 2. The number of hydrogen-bond donors (Lipinski definition) is 1. The van der Waals surface area contributed by atoms with Gasteiger partial charge in [0.05, 0.1) is 0 Å². The van der Waals surface area contributed by atoms with Crippen molar-refractivity contribution in [2.75, 3.05) is 46.4 Å². The van der Waals surface area contributed by atoms with E-state index in [1.807, 2.05) is 7.11 Å². The van der Waals surface area contributed by atoms with Crippen LogP contribution >= 0.6 is 0 Å². The van der Waals surface area contributed by atoms with Gasteiger partial charge in [-0.1, -0.05) is 0 Å². The van der Waals surface area contributed by atoms with E-state index in [1.54, 1.807) is 0 Å². The summed E-state index contributed by atoms with van der Waals surface area (Å²) in [5.74, 6) is 0.749. The van der Waals surface area contributed by atoms with Crippen molar-refractivity contribution in [3.8, 4) is 0 Å². The van der Waals surface area contributed by atoms with Crippen molar-refractivity contribution < 1.29 is 4.74 Å². The van der Waals surface area contributed by atoms with E-state index in [2.05, 4.69) is 23.6 Å². The molecule has 2 aliphatic heterocycles. The van der Waals surface area contributed by atoms with E-state index < -0.39 is 0 Å². The predicted octanol–water partition coefficient (Wildman–Crippen LogP) is 1.94. The van der Waals surface area contributed by atoms with Crippen molar-refractivity contribution >= 4 is 0 Å². The number of piperidine rings is 1. The summed E-state index contributed by atoms with van der Waals surface area (Å²) in [6.07, 6.45) is 6.32. The van der Waals surface area contributed by atoms with Crippen molar-refractivity contribution in [1.29, 1.82) is 0 Å². The number of methoxy groups -OCH3 is 1. The van der Waals surface area contributed by atoms with E-state index in [1.165, 1.54) is 58.3 Å². The molecule has 2 saturated heterocycles. The summed E-state index contributed by atoms with van der Waals surface area (Å²) in [7, 11) is 1.82. The number of ether oxygens (including phenoxy) is 1. The Hall–Kier alpha value is -0.160. The average Bonchev–Trinajstić information content (AvgIpc) is 2.72. The van der Waals surface area contributed by atoms with Crippen LogP contribution in [0.3, 0.4) is 0 Å². The van der Waals surface area contributed by atoms with Gasteiger partial charge >= 0.3 is 0 Å². The van der Waals surface area contributed by atoms with Crippen LogP contribution in [0.25, 0.3) is 0 Å². The molecule has 0 saturated carbocycles. The molecular weight excluding hydrogens is 262 g/mol. The molecule has 0 spiro atoms. The molecule has 2 aliphatic rings. The molecule has 0 aromatic rings. The van der Waals surface area contributed by atoms with Gasteiger partial charge in [-0.2, -0.15) is 0 Å².